The van der Waals surface area contributed by atoms with E-state index in [1.807, 2.05) is 11.8 Å². The Kier molecular flexibility index (Phi) is 3.98. The maximum Gasteiger partial charge on any atom is 0.168 e. The van der Waals surface area contributed by atoms with Gasteiger partial charge in [0, 0.05) is 12.6 Å². The van der Waals surface area contributed by atoms with Crippen molar-refractivity contribution in [2.24, 2.45) is 5.92 Å². The summed E-state index contributed by atoms with van der Waals surface area (Å²) in [6.45, 7) is 0.718. The minimum absolute atomic E-state index is 0.152. The zero-order chi connectivity index (χ0) is 11.4. The summed E-state index contributed by atoms with van der Waals surface area (Å²) in [6.07, 6.45) is 3.34. The lowest BCUT2D eigenvalue weighted by Crippen LogP contribution is -2.20. The molecule has 1 N–H and O–H groups in total. The molecule has 16 heavy (non-hydrogen) atoms. The minimum atomic E-state index is -0.642. The van der Waals surface area contributed by atoms with Crippen LogP contribution in [0.1, 0.15) is 12.8 Å². The topological polar surface area (TPSA) is 24.9 Å². The number of halogens is 2. The molecule has 0 saturated carbocycles. The predicted octanol–water partition coefficient (Wildman–Crippen LogP) is 2.91. The van der Waals surface area contributed by atoms with E-state index in [9.17, 15) is 8.78 Å². The van der Waals surface area contributed by atoms with E-state index in [0.29, 0.717) is 5.92 Å². The first-order valence-electron chi connectivity index (χ1n) is 5.38. The van der Waals surface area contributed by atoms with Gasteiger partial charge in [-0.1, -0.05) is 0 Å². The van der Waals surface area contributed by atoms with Gasteiger partial charge in [0.1, 0.15) is 5.82 Å². The highest BCUT2D eigenvalue weighted by Crippen LogP contribution is 2.23. The number of anilines is 1. The molecule has 1 aliphatic rings. The second-order valence-corrected chi connectivity index (χ2v) is 5.15. The van der Waals surface area contributed by atoms with Gasteiger partial charge in [0.05, 0.1) is 6.20 Å². The summed E-state index contributed by atoms with van der Waals surface area (Å²) < 4.78 is 25.8. The van der Waals surface area contributed by atoms with Crippen LogP contribution in [0.4, 0.5) is 14.6 Å². The quantitative estimate of drug-likeness (QED) is 0.885. The fourth-order valence-electron chi connectivity index (χ4n) is 1.74. The molecule has 0 amide bonds. The molecule has 88 valence electrons. The van der Waals surface area contributed by atoms with Crippen LogP contribution in [0.2, 0.25) is 0 Å². The van der Waals surface area contributed by atoms with Crippen molar-refractivity contribution in [3.8, 4) is 0 Å². The average Bonchev–Trinajstić information content (AvgIpc) is 2.29. The number of thioether (sulfide) groups is 1. The Labute approximate surface area is 97.8 Å². The Morgan fingerprint density at radius 1 is 1.38 bits per heavy atom. The Balaban J connectivity index is 1.88. The summed E-state index contributed by atoms with van der Waals surface area (Å²) in [5.74, 6) is 1.81. The van der Waals surface area contributed by atoms with Gasteiger partial charge in [-0.05, 0) is 30.3 Å². The minimum Gasteiger partial charge on any atom is -0.367 e. The lowest BCUT2D eigenvalue weighted by atomic mass is 10.0. The SMILES string of the molecule is Fc1cnc(NCC2CCSCC2)c(F)c1. The van der Waals surface area contributed by atoms with Crippen LogP contribution < -0.4 is 5.32 Å². The molecule has 2 heterocycles. The maximum atomic E-state index is 13.2. The predicted molar refractivity (Wildman–Crippen MR) is 62.7 cm³/mol. The Hall–Kier alpha value is -0.840. The average molecular weight is 244 g/mol. The molecule has 0 radical (unpaired) electrons. The van der Waals surface area contributed by atoms with E-state index >= 15 is 0 Å². The van der Waals surface area contributed by atoms with Gasteiger partial charge < -0.3 is 5.32 Å². The second-order valence-electron chi connectivity index (χ2n) is 3.92. The molecule has 1 aliphatic heterocycles. The maximum absolute atomic E-state index is 13.2. The molecular formula is C11H14F2N2S. The van der Waals surface area contributed by atoms with Crippen LogP contribution in [0.3, 0.4) is 0 Å². The first-order valence-corrected chi connectivity index (χ1v) is 6.54. The van der Waals surface area contributed by atoms with Crippen LogP contribution in [0.15, 0.2) is 12.3 Å². The molecule has 1 saturated heterocycles. The molecule has 0 aromatic carbocycles. The largest absolute Gasteiger partial charge is 0.367 e. The second kappa shape index (κ2) is 5.48. The third kappa shape index (κ3) is 3.07. The number of rotatable bonds is 3. The van der Waals surface area contributed by atoms with Gasteiger partial charge in [0.15, 0.2) is 11.6 Å². The Bertz CT molecular complexity index is 354. The van der Waals surface area contributed by atoms with Gasteiger partial charge >= 0.3 is 0 Å². The summed E-state index contributed by atoms with van der Waals surface area (Å²) in [4.78, 5) is 3.70. The molecule has 0 aliphatic carbocycles. The van der Waals surface area contributed by atoms with Gasteiger partial charge in [0.25, 0.3) is 0 Å². The summed E-state index contributed by atoms with van der Waals surface area (Å²) in [5, 5.41) is 2.95. The van der Waals surface area contributed by atoms with Crippen LogP contribution in [-0.2, 0) is 0 Å². The molecule has 1 aromatic rings. The first-order chi connectivity index (χ1) is 7.75. The smallest absolute Gasteiger partial charge is 0.168 e. The number of nitrogens with zero attached hydrogens (tertiary/aromatic N) is 1. The van der Waals surface area contributed by atoms with Crippen molar-refractivity contribution in [2.45, 2.75) is 12.8 Å². The zero-order valence-corrected chi connectivity index (χ0v) is 9.70. The molecule has 0 atom stereocenters. The van der Waals surface area contributed by atoms with Gasteiger partial charge in [-0.2, -0.15) is 11.8 Å². The number of aromatic nitrogens is 1. The highest BCUT2D eigenvalue weighted by Gasteiger charge is 2.14. The van der Waals surface area contributed by atoms with Crippen molar-refractivity contribution in [3.05, 3.63) is 23.9 Å². The summed E-state index contributed by atoms with van der Waals surface area (Å²) >= 11 is 1.96. The normalized spacial score (nSPS) is 17.4. The van der Waals surface area contributed by atoms with Crippen molar-refractivity contribution in [3.63, 3.8) is 0 Å². The molecular weight excluding hydrogens is 230 g/mol. The monoisotopic (exact) mass is 244 g/mol. The molecule has 1 fully saturated rings. The number of hydrogen-bond acceptors (Lipinski definition) is 3. The van der Waals surface area contributed by atoms with E-state index in [4.69, 9.17) is 0 Å². The van der Waals surface area contributed by atoms with Gasteiger partial charge in [-0.3, -0.25) is 0 Å². The third-order valence-corrected chi connectivity index (χ3v) is 3.76. The third-order valence-electron chi connectivity index (χ3n) is 2.71. The van der Waals surface area contributed by atoms with Gasteiger partial charge in [-0.25, -0.2) is 13.8 Å². The van der Waals surface area contributed by atoms with E-state index in [-0.39, 0.29) is 5.82 Å². The molecule has 5 heteroatoms. The molecule has 0 bridgehead atoms. The molecule has 2 rings (SSSR count). The van der Waals surface area contributed by atoms with Crippen LogP contribution in [-0.4, -0.2) is 23.0 Å². The highest BCUT2D eigenvalue weighted by molar-refractivity contribution is 7.99. The standard InChI is InChI=1S/C11H14F2N2S/c12-9-5-10(13)11(15-7-9)14-6-8-1-3-16-4-2-8/h5,7-8H,1-4,6H2,(H,14,15). The summed E-state index contributed by atoms with van der Waals surface area (Å²) in [5.41, 5.74) is 0. The number of nitrogens with one attached hydrogen (secondary N) is 1. The Morgan fingerprint density at radius 3 is 2.81 bits per heavy atom. The van der Waals surface area contributed by atoms with Crippen LogP contribution in [0.5, 0.6) is 0 Å². The molecule has 2 nitrogen and oxygen atoms in total. The zero-order valence-electron chi connectivity index (χ0n) is 8.88. The fourth-order valence-corrected chi connectivity index (χ4v) is 2.94. The van der Waals surface area contributed by atoms with Crippen molar-refractivity contribution >= 4 is 17.6 Å². The summed E-state index contributed by atoms with van der Waals surface area (Å²) in [7, 11) is 0. The van der Waals surface area contributed by atoms with Crippen molar-refractivity contribution in [1.29, 1.82) is 0 Å². The van der Waals surface area contributed by atoms with Crippen LogP contribution >= 0.6 is 11.8 Å². The lowest BCUT2D eigenvalue weighted by molar-refractivity contribution is 0.511. The molecule has 1 aromatic heterocycles. The van der Waals surface area contributed by atoms with Crippen LogP contribution in [0, 0.1) is 17.6 Å². The van der Waals surface area contributed by atoms with Gasteiger partial charge in [-0.15, -0.1) is 0 Å². The van der Waals surface area contributed by atoms with Crippen molar-refractivity contribution in [1.82, 2.24) is 4.98 Å². The summed E-state index contributed by atoms with van der Waals surface area (Å²) in [6, 6.07) is 0.853. The van der Waals surface area contributed by atoms with E-state index < -0.39 is 11.6 Å². The van der Waals surface area contributed by atoms with E-state index in [0.717, 1.165) is 31.6 Å². The number of hydrogen-bond donors (Lipinski definition) is 1. The van der Waals surface area contributed by atoms with Crippen LogP contribution in [0.25, 0.3) is 0 Å². The number of pyridine rings is 1. The lowest BCUT2D eigenvalue weighted by Gasteiger charge is -2.21. The van der Waals surface area contributed by atoms with E-state index in [2.05, 4.69) is 10.3 Å². The molecule has 0 spiro atoms. The van der Waals surface area contributed by atoms with Crippen molar-refractivity contribution < 1.29 is 8.78 Å². The van der Waals surface area contributed by atoms with E-state index in [1.165, 1.54) is 11.5 Å². The first kappa shape index (κ1) is 11.6. The highest BCUT2D eigenvalue weighted by atomic mass is 32.2. The van der Waals surface area contributed by atoms with Crippen molar-refractivity contribution in [2.75, 3.05) is 23.4 Å². The molecule has 0 unspecified atom stereocenters. The fraction of sp³-hybridized carbons (Fsp3) is 0.545. The van der Waals surface area contributed by atoms with E-state index in [1.54, 1.807) is 0 Å². The van der Waals surface area contributed by atoms with Gasteiger partial charge in [0.2, 0.25) is 0 Å². The Morgan fingerprint density at radius 2 is 2.12 bits per heavy atom.